The molecule has 0 bridgehead atoms. The number of rotatable bonds is 2. The number of halogens is 2. The molecule has 108 valence electrons. The molecule has 0 aromatic heterocycles. The van der Waals surface area contributed by atoms with Gasteiger partial charge in [-0.3, -0.25) is 0 Å². The Hall–Kier alpha value is 0.640. The summed E-state index contributed by atoms with van der Waals surface area (Å²) in [6.45, 7) is 9.34. The van der Waals surface area contributed by atoms with Crippen LogP contribution in [0.2, 0.25) is 9.26 Å². The van der Waals surface area contributed by atoms with Gasteiger partial charge in [-0.15, -0.1) is 24.8 Å². The molecule has 0 N–H and O–H groups in total. The van der Waals surface area contributed by atoms with E-state index in [4.69, 9.17) is 0 Å². The first kappa shape index (κ1) is 19.6. The molecule has 0 amide bonds. The fourth-order valence-electron chi connectivity index (χ4n) is 3.68. The van der Waals surface area contributed by atoms with E-state index < -0.39 is 17.4 Å². The molecule has 2 aliphatic carbocycles. The van der Waals surface area contributed by atoms with Gasteiger partial charge in [-0.05, 0) is 0 Å². The van der Waals surface area contributed by atoms with Crippen molar-refractivity contribution in [2.75, 3.05) is 0 Å². The maximum absolute atomic E-state index is 2.82. The van der Waals surface area contributed by atoms with Crippen LogP contribution in [-0.4, -0.2) is 6.88 Å². The average Bonchev–Trinajstić information content (AvgIpc) is 2.75. The minimum absolute atomic E-state index is 0. The summed E-state index contributed by atoms with van der Waals surface area (Å²) < 4.78 is 8.80. The quantitative estimate of drug-likeness (QED) is 0.584. The molecular weight excluding hydrogens is 370 g/mol. The Kier molecular flexibility index (Phi) is 6.39. The van der Waals surface area contributed by atoms with Gasteiger partial charge in [0.05, 0.1) is 0 Å². The van der Waals surface area contributed by atoms with E-state index in [1.165, 1.54) is 12.0 Å². The summed E-state index contributed by atoms with van der Waals surface area (Å²) in [5.74, 6) is 0.662. The molecule has 0 saturated carbocycles. The minimum atomic E-state index is -2.82. The van der Waals surface area contributed by atoms with Gasteiger partial charge in [0.2, 0.25) is 0 Å². The average molecular weight is 397 g/mol. The molecular formula is C15H26Cl2SiZr. The van der Waals surface area contributed by atoms with Gasteiger partial charge in [-0.2, -0.15) is 0 Å². The van der Waals surface area contributed by atoms with Crippen LogP contribution in [0.4, 0.5) is 0 Å². The maximum atomic E-state index is 2.61. The third kappa shape index (κ3) is 3.28. The monoisotopic (exact) mass is 394 g/mol. The first-order valence-electron chi connectivity index (χ1n) is 6.56. The number of hydrogen-bond donors (Lipinski definition) is 0. The van der Waals surface area contributed by atoms with Gasteiger partial charge < -0.3 is 0 Å². The smallest absolute Gasteiger partial charge is 0.147 e. The van der Waals surface area contributed by atoms with Gasteiger partial charge in [0.1, 0.15) is 0 Å². The molecule has 1 unspecified atom stereocenters. The second-order valence-corrected chi connectivity index (χ2v) is 35.3. The molecule has 0 nitrogen and oxygen atoms in total. The van der Waals surface area contributed by atoms with Gasteiger partial charge in [0.25, 0.3) is 0 Å². The van der Waals surface area contributed by atoms with E-state index in [0.29, 0.717) is 5.92 Å². The van der Waals surface area contributed by atoms with Gasteiger partial charge in [-0.25, -0.2) is 0 Å². The molecule has 0 fully saturated rings. The molecule has 2 aliphatic rings. The van der Waals surface area contributed by atoms with E-state index in [9.17, 15) is 0 Å². The van der Waals surface area contributed by atoms with Crippen molar-refractivity contribution in [2.24, 2.45) is 5.92 Å². The van der Waals surface area contributed by atoms with Crippen LogP contribution in [-0.2, 0) is 17.4 Å². The second kappa shape index (κ2) is 6.18. The van der Waals surface area contributed by atoms with Crippen LogP contribution in [0.25, 0.3) is 0 Å². The Morgan fingerprint density at radius 3 is 2.16 bits per heavy atom. The van der Waals surface area contributed by atoms with Crippen LogP contribution in [0.15, 0.2) is 42.0 Å². The molecule has 4 heteroatoms. The van der Waals surface area contributed by atoms with Crippen molar-refractivity contribution in [3.8, 4) is 0 Å². The topological polar surface area (TPSA) is 0 Å². The SMILES string of the molecule is CC1=CC(C)[C]([Zr]([CH3])([CH3])(=[SiH2])[C]2=CC=CC2)=C1C.Cl.Cl. The molecule has 0 aromatic carbocycles. The van der Waals surface area contributed by atoms with Crippen LogP contribution in [0, 0.1) is 5.92 Å². The minimum Gasteiger partial charge on any atom is -0.147 e. The summed E-state index contributed by atoms with van der Waals surface area (Å²) in [6, 6.07) is 0. The molecule has 0 aliphatic heterocycles. The van der Waals surface area contributed by atoms with Gasteiger partial charge in [-0.1, -0.05) is 0 Å². The van der Waals surface area contributed by atoms with Crippen molar-refractivity contribution in [1.29, 1.82) is 0 Å². The van der Waals surface area contributed by atoms with Crippen molar-refractivity contribution in [3.63, 3.8) is 0 Å². The van der Waals surface area contributed by atoms with Crippen molar-refractivity contribution >= 4 is 31.7 Å². The first-order chi connectivity index (χ1) is 7.72. The van der Waals surface area contributed by atoms with E-state index in [1.54, 1.807) is 8.85 Å². The number of allylic oxidation sites excluding steroid dienone is 8. The third-order valence-corrected chi connectivity index (χ3v) is 21.8. The third-order valence-electron chi connectivity index (χ3n) is 4.62. The van der Waals surface area contributed by atoms with Gasteiger partial charge >= 0.3 is 109 Å². The van der Waals surface area contributed by atoms with Gasteiger partial charge in [0.15, 0.2) is 0 Å². The summed E-state index contributed by atoms with van der Waals surface area (Å²) in [6.07, 6.45) is 10.6. The summed E-state index contributed by atoms with van der Waals surface area (Å²) in [5.41, 5.74) is 3.10. The molecule has 0 aromatic rings. The largest absolute Gasteiger partial charge is 0.147 e. The summed E-state index contributed by atoms with van der Waals surface area (Å²) in [4.78, 5) is 0. The van der Waals surface area contributed by atoms with Crippen LogP contribution < -0.4 is 0 Å². The predicted octanol–water partition coefficient (Wildman–Crippen LogP) is 4.88. The Morgan fingerprint density at radius 2 is 1.79 bits per heavy atom. The number of hydrogen-bond acceptors (Lipinski definition) is 0. The molecule has 0 spiro atoms. The van der Waals surface area contributed by atoms with Crippen LogP contribution >= 0.6 is 24.8 Å². The van der Waals surface area contributed by atoms with E-state index in [-0.39, 0.29) is 24.8 Å². The van der Waals surface area contributed by atoms with E-state index in [2.05, 4.69) is 61.2 Å². The predicted molar refractivity (Wildman–Crippen MR) is 92.2 cm³/mol. The normalized spacial score (nSPS) is 22.7. The van der Waals surface area contributed by atoms with Crippen molar-refractivity contribution in [2.45, 2.75) is 36.5 Å². The fraction of sp³-hybridized carbons (Fsp3) is 0.467. The zero-order chi connectivity index (χ0) is 12.9. The fourth-order valence-corrected chi connectivity index (χ4v) is 20.2. The molecule has 19 heavy (non-hydrogen) atoms. The zero-order valence-electron chi connectivity index (χ0n) is 12.6. The zero-order valence-corrected chi connectivity index (χ0v) is 18.1. The summed E-state index contributed by atoms with van der Waals surface area (Å²) in [7, 11) is 0. The summed E-state index contributed by atoms with van der Waals surface area (Å²) >= 11 is -2.82. The van der Waals surface area contributed by atoms with Crippen LogP contribution in [0.1, 0.15) is 27.2 Å². The molecule has 2 rings (SSSR count). The maximum Gasteiger partial charge on any atom is -0.147 e. The van der Waals surface area contributed by atoms with Crippen molar-refractivity contribution in [3.05, 3.63) is 42.0 Å². The Balaban J connectivity index is 0.00000162. The van der Waals surface area contributed by atoms with E-state index >= 15 is 0 Å². The molecule has 1 atom stereocenters. The van der Waals surface area contributed by atoms with Gasteiger partial charge in [0, 0.05) is 0 Å². The van der Waals surface area contributed by atoms with E-state index in [1.807, 2.05) is 3.28 Å². The Morgan fingerprint density at radius 1 is 1.21 bits per heavy atom. The molecule has 0 saturated heterocycles. The second-order valence-electron chi connectivity index (χ2n) is 6.69. The Bertz CT molecular complexity index is 559. The van der Waals surface area contributed by atoms with Crippen LogP contribution in [0.3, 0.4) is 0 Å². The first-order valence-corrected chi connectivity index (χ1v) is 19.9. The van der Waals surface area contributed by atoms with Crippen molar-refractivity contribution in [1.82, 2.24) is 0 Å². The Labute approximate surface area is 132 Å². The molecule has 0 heterocycles. The van der Waals surface area contributed by atoms with Crippen LogP contribution in [0.5, 0.6) is 0 Å². The van der Waals surface area contributed by atoms with Crippen molar-refractivity contribution < 1.29 is 17.4 Å². The molecule has 0 radical (unpaired) electrons. The standard InChI is InChI=1S/C8H11.C5H5.2CH3.2ClH.H2Si.Zr/c1-6-4-7(2)8(3)5-6;1-2-4-5-3-1;;;;;;/h4,6H,1-3H3;1-3H,4H2;2*1H3;2*1H;1H2;. The van der Waals surface area contributed by atoms with E-state index in [0.717, 1.165) is 0 Å². The summed E-state index contributed by atoms with van der Waals surface area (Å²) in [5, 5.41) is 0.